The van der Waals surface area contributed by atoms with Gasteiger partial charge in [-0.25, -0.2) is 4.98 Å². The summed E-state index contributed by atoms with van der Waals surface area (Å²) in [5.41, 5.74) is 6.53. The van der Waals surface area contributed by atoms with Crippen LogP contribution in [0.25, 0.3) is 10.9 Å². The molecular formula is C13H16N4O. The van der Waals surface area contributed by atoms with Gasteiger partial charge in [0.2, 0.25) is 5.95 Å². The highest BCUT2D eigenvalue weighted by atomic mass is 16.5. The summed E-state index contributed by atoms with van der Waals surface area (Å²) in [6, 6.07) is 7.85. The second-order valence-electron chi connectivity index (χ2n) is 4.94. The van der Waals surface area contributed by atoms with E-state index in [2.05, 4.69) is 22.2 Å². The fourth-order valence-corrected chi connectivity index (χ4v) is 2.24. The Labute approximate surface area is 105 Å². The summed E-state index contributed by atoms with van der Waals surface area (Å²) in [5.74, 6) is 1.07. The standard InChI is InChI=1S/C13H16N4O/c1-13(6-7-18-8-13)17-11-9-4-2-3-5-10(9)15-12(14)16-11/h2-5H,6-8H2,1H3,(H3,14,15,16,17). The van der Waals surface area contributed by atoms with E-state index in [-0.39, 0.29) is 5.54 Å². The fraction of sp³-hybridized carbons (Fsp3) is 0.385. The summed E-state index contributed by atoms with van der Waals surface area (Å²) in [6.07, 6.45) is 0.964. The molecule has 1 unspecified atom stereocenters. The molecule has 1 aliphatic rings. The molecule has 1 saturated heterocycles. The van der Waals surface area contributed by atoms with Crippen molar-refractivity contribution in [2.75, 3.05) is 24.3 Å². The topological polar surface area (TPSA) is 73.1 Å². The first kappa shape index (κ1) is 11.2. The smallest absolute Gasteiger partial charge is 0.222 e. The molecule has 2 aromatic rings. The van der Waals surface area contributed by atoms with E-state index in [4.69, 9.17) is 10.5 Å². The molecule has 1 fully saturated rings. The van der Waals surface area contributed by atoms with Crippen molar-refractivity contribution in [3.63, 3.8) is 0 Å². The first-order chi connectivity index (χ1) is 8.66. The monoisotopic (exact) mass is 244 g/mol. The molecule has 1 aromatic heterocycles. The van der Waals surface area contributed by atoms with Crippen LogP contribution in [0, 0.1) is 0 Å². The number of nitrogens with two attached hydrogens (primary N) is 1. The van der Waals surface area contributed by atoms with E-state index < -0.39 is 0 Å². The van der Waals surface area contributed by atoms with Gasteiger partial charge in [0, 0.05) is 12.0 Å². The molecule has 1 aromatic carbocycles. The summed E-state index contributed by atoms with van der Waals surface area (Å²) < 4.78 is 5.44. The quantitative estimate of drug-likeness (QED) is 0.842. The minimum absolute atomic E-state index is 0.0798. The van der Waals surface area contributed by atoms with Gasteiger partial charge in [0.1, 0.15) is 5.82 Å². The highest BCUT2D eigenvalue weighted by Crippen LogP contribution is 2.27. The number of aromatic nitrogens is 2. The van der Waals surface area contributed by atoms with Crippen LogP contribution >= 0.6 is 0 Å². The first-order valence-electron chi connectivity index (χ1n) is 6.04. The van der Waals surface area contributed by atoms with Gasteiger partial charge in [0.15, 0.2) is 0 Å². The highest BCUT2D eigenvalue weighted by Gasteiger charge is 2.30. The van der Waals surface area contributed by atoms with Gasteiger partial charge in [-0.05, 0) is 25.5 Å². The highest BCUT2D eigenvalue weighted by molar-refractivity contribution is 5.90. The summed E-state index contributed by atoms with van der Waals surface area (Å²) >= 11 is 0. The second-order valence-corrected chi connectivity index (χ2v) is 4.94. The Morgan fingerprint density at radius 2 is 2.17 bits per heavy atom. The van der Waals surface area contributed by atoms with E-state index in [0.717, 1.165) is 29.7 Å². The number of rotatable bonds is 2. The zero-order valence-electron chi connectivity index (χ0n) is 10.3. The van der Waals surface area contributed by atoms with Crippen LogP contribution in [0.15, 0.2) is 24.3 Å². The van der Waals surface area contributed by atoms with Crippen LogP contribution < -0.4 is 11.1 Å². The van der Waals surface area contributed by atoms with Crippen molar-refractivity contribution in [1.29, 1.82) is 0 Å². The third kappa shape index (κ3) is 1.97. The Morgan fingerprint density at radius 1 is 1.33 bits per heavy atom. The number of fused-ring (bicyclic) bond motifs is 1. The molecule has 3 N–H and O–H groups in total. The van der Waals surface area contributed by atoms with Gasteiger partial charge in [0.05, 0.1) is 17.7 Å². The SMILES string of the molecule is CC1(Nc2nc(N)nc3ccccc23)CCOC1. The maximum absolute atomic E-state index is 5.75. The van der Waals surface area contributed by atoms with Crippen molar-refractivity contribution in [2.24, 2.45) is 0 Å². The molecule has 0 spiro atoms. The van der Waals surface area contributed by atoms with Crippen LogP contribution in [0.5, 0.6) is 0 Å². The van der Waals surface area contributed by atoms with E-state index in [1.165, 1.54) is 0 Å². The van der Waals surface area contributed by atoms with Gasteiger partial charge in [-0.1, -0.05) is 12.1 Å². The maximum atomic E-state index is 5.75. The number of benzene rings is 1. The Balaban J connectivity index is 2.05. The lowest BCUT2D eigenvalue weighted by atomic mass is 10.0. The van der Waals surface area contributed by atoms with Crippen molar-refractivity contribution in [1.82, 2.24) is 9.97 Å². The van der Waals surface area contributed by atoms with Crippen molar-refractivity contribution < 1.29 is 4.74 Å². The zero-order valence-corrected chi connectivity index (χ0v) is 10.3. The number of anilines is 2. The minimum atomic E-state index is -0.0798. The summed E-state index contributed by atoms with van der Waals surface area (Å²) in [7, 11) is 0. The average molecular weight is 244 g/mol. The molecule has 0 aliphatic carbocycles. The van der Waals surface area contributed by atoms with Crippen molar-refractivity contribution in [2.45, 2.75) is 18.9 Å². The third-order valence-corrected chi connectivity index (χ3v) is 3.26. The number of nitrogens with zero attached hydrogens (tertiary/aromatic N) is 2. The van der Waals surface area contributed by atoms with Gasteiger partial charge >= 0.3 is 0 Å². The molecule has 5 heteroatoms. The largest absolute Gasteiger partial charge is 0.379 e. The molecular weight excluding hydrogens is 228 g/mol. The maximum Gasteiger partial charge on any atom is 0.222 e. The summed E-state index contributed by atoms with van der Waals surface area (Å²) in [4.78, 5) is 8.54. The van der Waals surface area contributed by atoms with Crippen LogP contribution in [0.3, 0.4) is 0 Å². The van der Waals surface area contributed by atoms with Gasteiger partial charge in [-0.15, -0.1) is 0 Å². The molecule has 1 atom stereocenters. The minimum Gasteiger partial charge on any atom is -0.379 e. The molecule has 0 radical (unpaired) electrons. The van der Waals surface area contributed by atoms with Crippen molar-refractivity contribution >= 4 is 22.7 Å². The lowest BCUT2D eigenvalue weighted by Gasteiger charge is -2.25. The lowest BCUT2D eigenvalue weighted by molar-refractivity contribution is 0.185. The van der Waals surface area contributed by atoms with Crippen LogP contribution in [0.1, 0.15) is 13.3 Å². The van der Waals surface area contributed by atoms with Crippen LogP contribution in [0.4, 0.5) is 11.8 Å². The van der Waals surface area contributed by atoms with Gasteiger partial charge in [0.25, 0.3) is 0 Å². The Hall–Kier alpha value is -1.88. The number of hydrogen-bond donors (Lipinski definition) is 2. The Bertz CT molecular complexity index is 578. The second kappa shape index (κ2) is 4.10. The molecule has 94 valence electrons. The molecule has 5 nitrogen and oxygen atoms in total. The van der Waals surface area contributed by atoms with Crippen LogP contribution in [-0.2, 0) is 4.74 Å². The predicted molar refractivity (Wildman–Crippen MR) is 71.4 cm³/mol. The summed E-state index contributed by atoms with van der Waals surface area (Å²) in [5, 5.41) is 4.43. The van der Waals surface area contributed by atoms with E-state index >= 15 is 0 Å². The van der Waals surface area contributed by atoms with Gasteiger partial charge < -0.3 is 15.8 Å². The first-order valence-corrected chi connectivity index (χ1v) is 6.04. The van der Waals surface area contributed by atoms with Crippen molar-refractivity contribution in [3.05, 3.63) is 24.3 Å². The van der Waals surface area contributed by atoms with Crippen molar-refractivity contribution in [3.8, 4) is 0 Å². The molecule has 3 rings (SSSR count). The molecule has 0 amide bonds. The molecule has 0 saturated carbocycles. The zero-order chi connectivity index (χ0) is 12.6. The van der Waals surface area contributed by atoms with E-state index in [1.807, 2.05) is 24.3 Å². The van der Waals surface area contributed by atoms with Gasteiger partial charge in [-0.3, -0.25) is 0 Å². The fourth-order valence-electron chi connectivity index (χ4n) is 2.24. The van der Waals surface area contributed by atoms with Crippen LogP contribution in [-0.4, -0.2) is 28.7 Å². The Kier molecular flexibility index (Phi) is 2.56. The number of nitrogen functional groups attached to an aromatic ring is 1. The van der Waals surface area contributed by atoms with Gasteiger partial charge in [-0.2, -0.15) is 4.98 Å². The number of hydrogen-bond acceptors (Lipinski definition) is 5. The van der Waals surface area contributed by atoms with Crippen LogP contribution in [0.2, 0.25) is 0 Å². The lowest BCUT2D eigenvalue weighted by Crippen LogP contribution is -2.35. The predicted octanol–water partition coefficient (Wildman–Crippen LogP) is 1.80. The van der Waals surface area contributed by atoms with E-state index in [1.54, 1.807) is 0 Å². The molecule has 18 heavy (non-hydrogen) atoms. The molecule has 2 heterocycles. The summed E-state index contributed by atoms with van der Waals surface area (Å²) in [6.45, 7) is 3.60. The molecule has 0 bridgehead atoms. The third-order valence-electron chi connectivity index (χ3n) is 3.26. The number of nitrogens with one attached hydrogen (secondary N) is 1. The van der Waals surface area contributed by atoms with E-state index in [9.17, 15) is 0 Å². The van der Waals surface area contributed by atoms with E-state index in [0.29, 0.717) is 12.6 Å². The molecule has 1 aliphatic heterocycles. The number of para-hydroxylation sites is 1. The number of ether oxygens (including phenoxy) is 1. The normalized spacial score (nSPS) is 23.4. The Morgan fingerprint density at radius 3 is 2.94 bits per heavy atom. The average Bonchev–Trinajstić information content (AvgIpc) is 2.75.